The van der Waals surface area contributed by atoms with Gasteiger partial charge in [-0.25, -0.2) is 0 Å². The standard InChI is InChI=1S/C63H110O6/c1-4-7-10-13-16-19-22-25-28-31-34-37-40-43-46-49-52-55-61(64)67-58-60(69-63(66)57-54-51-48-45-42-39-36-33-30-27-24-21-18-15-12-9-6-3)59-68-62(65)56-53-50-47-44-41-38-35-32-29-26-23-20-17-14-11-8-5-2/h16,19,25-30,36,39,45,48,60H,4-15,17-18,20-24,31-35,37-38,40-44,46-47,49-59H2,1-3H3/b19-16-,28-25-,29-26-,30-27-,39-36-,48-45-/t60-/m1/s1. The van der Waals surface area contributed by atoms with Gasteiger partial charge < -0.3 is 14.2 Å². The van der Waals surface area contributed by atoms with Gasteiger partial charge in [0.1, 0.15) is 13.2 Å². The van der Waals surface area contributed by atoms with Crippen LogP contribution in [-0.4, -0.2) is 37.2 Å². The Morgan fingerprint density at radius 2 is 0.536 bits per heavy atom. The molecule has 0 aromatic heterocycles. The monoisotopic (exact) mass is 963 g/mol. The Balaban J connectivity index is 4.47. The normalized spacial score (nSPS) is 12.6. The van der Waals surface area contributed by atoms with Crippen LogP contribution in [0.3, 0.4) is 0 Å². The van der Waals surface area contributed by atoms with E-state index < -0.39 is 6.10 Å². The molecule has 6 nitrogen and oxygen atoms in total. The average Bonchev–Trinajstić information content (AvgIpc) is 3.35. The first-order valence-corrected chi connectivity index (χ1v) is 29.4. The van der Waals surface area contributed by atoms with Crippen LogP contribution in [-0.2, 0) is 28.6 Å². The number of allylic oxidation sites excluding steroid dienone is 12. The molecule has 0 bridgehead atoms. The molecule has 0 aromatic carbocycles. The zero-order valence-corrected chi connectivity index (χ0v) is 45.6. The number of carbonyl (C=O) groups excluding carboxylic acids is 3. The van der Waals surface area contributed by atoms with Crippen molar-refractivity contribution in [2.45, 2.75) is 297 Å². The third kappa shape index (κ3) is 55.6. The molecule has 0 aliphatic heterocycles. The highest BCUT2D eigenvalue weighted by Crippen LogP contribution is 2.15. The van der Waals surface area contributed by atoms with Crippen LogP contribution in [0.1, 0.15) is 290 Å². The molecule has 6 heteroatoms. The molecule has 0 amide bonds. The maximum Gasteiger partial charge on any atom is 0.306 e. The van der Waals surface area contributed by atoms with Crippen molar-refractivity contribution in [3.63, 3.8) is 0 Å². The molecule has 0 aliphatic carbocycles. The number of hydrogen-bond donors (Lipinski definition) is 0. The number of esters is 3. The molecule has 0 N–H and O–H groups in total. The maximum absolute atomic E-state index is 12.8. The lowest BCUT2D eigenvalue weighted by Crippen LogP contribution is -2.30. The highest BCUT2D eigenvalue weighted by atomic mass is 16.6. The second-order valence-corrected chi connectivity index (χ2v) is 19.5. The van der Waals surface area contributed by atoms with Gasteiger partial charge in [-0.2, -0.15) is 0 Å². The molecule has 0 saturated heterocycles. The minimum atomic E-state index is -0.807. The molecule has 0 aromatic rings. The smallest absolute Gasteiger partial charge is 0.306 e. The van der Waals surface area contributed by atoms with E-state index in [1.165, 1.54) is 173 Å². The van der Waals surface area contributed by atoms with E-state index in [1.54, 1.807) is 0 Å². The van der Waals surface area contributed by atoms with Gasteiger partial charge >= 0.3 is 17.9 Å². The van der Waals surface area contributed by atoms with Gasteiger partial charge in [-0.15, -0.1) is 0 Å². The number of rotatable bonds is 53. The predicted octanol–water partition coefficient (Wildman–Crippen LogP) is 19.8. The zero-order valence-electron chi connectivity index (χ0n) is 45.6. The van der Waals surface area contributed by atoms with Crippen LogP contribution in [0.15, 0.2) is 72.9 Å². The van der Waals surface area contributed by atoms with Crippen LogP contribution < -0.4 is 0 Å². The van der Waals surface area contributed by atoms with E-state index in [2.05, 4.69) is 93.7 Å². The number of hydrogen-bond acceptors (Lipinski definition) is 6. The molecule has 0 rings (SSSR count). The lowest BCUT2D eigenvalue weighted by Gasteiger charge is -2.18. The maximum atomic E-state index is 12.8. The molecule has 0 saturated carbocycles. The van der Waals surface area contributed by atoms with Crippen molar-refractivity contribution in [3.05, 3.63) is 72.9 Å². The summed E-state index contributed by atoms with van der Waals surface area (Å²) in [5.74, 6) is -0.956. The first kappa shape index (κ1) is 65.8. The van der Waals surface area contributed by atoms with Crippen LogP contribution in [0, 0.1) is 0 Å². The fourth-order valence-corrected chi connectivity index (χ4v) is 8.19. The van der Waals surface area contributed by atoms with Crippen molar-refractivity contribution < 1.29 is 28.6 Å². The minimum absolute atomic E-state index is 0.0995. The largest absolute Gasteiger partial charge is 0.462 e. The fraction of sp³-hybridized carbons (Fsp3) is 0.762. The van der Waals surface area contributed by atoms with Gasteiger partial charge in [0.05, 0.1) is 0 Å². The third-order valence-corrected chi connectivity index (χ3v) is 12.7. The summed E-state index contributed by atoms with van der Waals surface area (Å²) in [7, 11) is 0. The molecule has 0 unspecified atom stereocenters. The summed E-state index contributed by atoms with van der Waals surface area (Å²) in [5, 5.41) is 0. The molecule has 1 atom stereocenters. The number of ether oxygens (including phenoxy) is 3. The first-order chi connectivity index (χ1) is 34.0. The molecule has 398 valence electrons. The van der Waals surface area contributed by atoms with Crippen molar-refractivity contribution in [1.82, 2.24) is 0 Å². The predicted molar refractivity (Wildman–Crippen MR) is 298 cm³/mol. The van der Waals surface area contributed by atoms with Crippen molar-refractivity contribution in [2.24, 2.45) is 0 Å². The van der Waals surface area contributed by atoms with E-state index in [0.29, 0.717) is 19.3 Å². The highest BCUT2D eigenvalue weighted by Gasteiger charge is 2.19. The summed E-state index contributed by atoms with van der Waals surface area (Å²) in [6, 6.07) is 0. The summed E-state index contributed by atoms with van der Waals surface area (Å²) in [5.41, 5.74) is 0. The second kappa shape index (κ2) is 57.4. The molecule has 0 aliphatic rings. The number of unbranched alkanes of at least 4 members (excludes halogenated alkanes) is 30. The summed E-state index contributed by atoms with van der Waals surface area (Å²) in [6.45, 7) is 6.57. The van der Waals surface area contributed by atoms with Gasteiger partial charge in [-0.05, 0) is 109 Å². The SMILES string of the molecule is CCCCC/C=C\C/C=C\CCCCCCCCCC(=O)OC[C@H](COC(=O)CCCCCCCCC/C=C\CCCCCCCC)OC(=O)CCC/C=C\C/C=C\C/C=C\CCCCCCCC. The van der Waals surface area contributed by atoms with Crippen LogP contribution in [0.25, 0.3) is 0 Å². The lowest BCUT2D eigenvalue weighted by atomic mass is 10.1. The van der Waals surface area contributed by atoms with Crippen molar-refractivity contribution in [2.75, 3.05) is 13.2 Å². The quantitative estimate of drug-likeness (QED) is 0.0262. The third-order valence-electron chi connectivity index (χ3n) is 12.7. The Morgan fingerprint density at radius 3 is 0.899 bits per heavy atom. The molecule has 0 spiro atoms. The molecule has 0 heterocycles. The second-order valence-electron chi connectivity index (χ2n) is 19.5. The van der Waals surface area contributed by atoms with E-state index in [4.69, 9.17) is 14.2 Å². The highest BCUT2D eigenvalue weighted by molar-refractivity contribution is 5.71. The van der Waals surface area contributed by atoms with Crippen molar-refractivity contribution in [1.29, 1.82) is 0 Å². The molecular formula is C63H110O6. The van der Waals surface area contributed by atoms with E-state index in [-0.39, 0.29) is 37.5 Å². The van der Waals surface area contributed by atoms with Crippen LogP contribution >= 0.6 is 0 Å². The Bertz CT molecular complexity index is 1290. The van der Waals surface area contributed by atoms with Crippen LogP contribution in [0.4, 0.5) is 0 Å². The van der Waals surface area contributed by atoms with Gasteiger partial charge in [-0.1, -0.05) is 235 Å². The number of carbonyl (C=O) groups is 3. The van der Waals surface area contributed by atoms with E-state index >= 15 is 0 Å². The van der Waals surface area contributed by atoms with Gasteiger partial charge in [0, 0.05) is 19.3 Å². The van der Waals surface area contributed by atoms with Crippen LogP contribution in [0.2, 0.25) is 0 Å². The van der Waals surface area contributed by atoms with E-state index in [0.717, 1.165) is 70.6 Å². The van der Waals surface area contributed by atoms with E-state index in [9.17, 15) is 14.4 Å². The van der Waals surface area contributed by atoms with Gasteiger partial charge in [-0.3, -0.25) is 14.4 Å². The van der Waals surface area contributed by atoms with E-state index in [1.807, 2.05) is 0 Å². The fourth-order valence-electron chi connectivity index (χ4n) is 8.19. The van der Waals surface area contributed by atoms with Crippen molar-refractivity contribution >= 4 is 17.9 Å². The Hall–Kier alpha value is -3.15. The Kier molecular flexibility index (Phi) is 54.8. The van der Waals surface area contributed by atoms with Crippen LogP contribution in [0.5, 0.6) is 0 Å². The zero-order chi connectivity index (χ0) is 50.0. The topological polar surface area (TPSA) is 78.9 Å². The summed E-state index contributed by atoms with van der Waals surface area (Å²) >= 11 is 0. The lowest BCUT2D eigenvalue weighted by molar-refractivity contribution is -0.167. The summed E-state index contributed by atoms with van der Waals surface area (Å²) < 4.78 is 16.8. The minimum Gasteiger partial charge on any atom is -0.462 e. The Labute approximate surface area is 427 Å². The summed E-state index contributed by atoms with van der Waals surface area (Å²) in [6.07, 6.45) is 73.2. The first-order valence-electron chi connectivity index (χ1n) is 29.4. The molecule has 69 heavy (non-hydrogen) atoms. The Morgan fingerprint density at radius 1 is 0.290 bits per heavy atom. The van der Waals surface area contributed by atoms with Gasteiger partial charge in [0.15, 0.2) is 6.10 Å². The molecule has 0 fully saturated rings. The van der Waals surface area contributed by atoms with Crippen molar-refractivity contribution in [3.8, 4) is 0 Å². The molecular weight excluding hydrogens is 853 g/mol. The van der Waals surface area contributed by atoms with Gasteiger partial charge in [0.2, 0.25) is 0 Å². The average molecular weight is 964 g/mol. The molecule has 0 radical (unpaired) electrons. The summed E-state index contributed by atoms with van der Waals surface area (Å²) in [4.78, 5) is 38.2. The van der Waals surface area contributed by atoms with Gasteiger partial charge in [0.25, 0.3) is 0 Å².